The molecule has 0 spiro atoms. The van der Waals surface area contributed by atoms with E-state index in [9.17, 15) is 30.6 Å². The number of aliphatic hydroxyl groups is 7. The molecule has 23 heavy (non-hydrogen) atoms. The summed E-state index contributed by atoms with van der Waals surface area (Å²) in [5, 5.41) is 67.6. The highest BCUT2D eigenvalue weighted by molar-refractivity contribution is 4.99. The minimum Gasteiger partial charge on any atom is -0.391 e. The maximum absolute atomic E-state index is 10.2. The van der Waals surface area contributed by atoms with Crippen molar-refractivity contribution < 1.29 is 54.7 Å². The molecule has 0 amide bonds. The minimum absolute atomic E-state index is 0.253. The lowest BCUT2D eigenvalue weighted by Crippen LogP contribution is -2.56. The predicted molar refractivity (Wildman–Crippen MR) is 68.6 cm³/mol. The van der Waals surface area contributed by atoms with Crippen molar-refractivity contribution in [3.63, 3.8) is 0 Å². The molecule has 0 aromatic carbocycles. The van der Waals surface area contributed by atoms with Crippen LogP contribution in [0.15, 0.2) is 0 Å². The molecule has 0 aromatic heterocycles. The Balaban J connectivity index is 2.02. The van der Waals surface area contributed by atoms with Gasteiger partial charge in [0.25, 0.3) is 0 Å². The first kappa shape index (κ1) is 18.9. The van der Waals surface area contributed by atoms with Crippen molar-refractivity contribution in [2.45, 2.75) is 48.4 Å². The summed E-state index contributed by atoms with van der Waals surface area (Å²) in [5.41, 5.74) is 0. The van der Waals surface area contributed by atoms with Gasteiger partial charge in [-0.3, -0.25) is 0 Å². The summed E-state index contributed by atoms with van der Waals surface area (Å²) in [6.07, 6.45) is -8.72. The number of methoxy groups -OCH3 is 1. The van der Waals surface area contributed by atoms with Crippen LogP contribution in [0, 0.1) is 0 Å². The zero-order valence-electron chi connectivity index (χ0n) is 12.3. The van der Waals surface area contributed by atoms with E-state index in [1.807, 2.05) is 0 Å². The molecule has 2 fully saturated rings. The molecule has 11 heteroatoms. The van der Waals surface area contributed by atoms with Gasteiger partial charge in [-0.25, -0.2) is 0 Å². The second kappa shape index (κ2) is 6.82. The van der Waals surface area contributed by atoms with Crippen molar-refractivity contribution in [1.82, 2.24) is 0 Å². The fraction of sp³-hybridized carbons (Fsp3) is 1.00. The van der Waals surface area contributed by atoms with E-state index in [2.05, 4.69) is 0 Å². The highest BCUT2D eigenvalue weighted by Crippen LogP contribution is 2.36. The van der Waals surface area contributed by atoms with E-state index in [0.717, 1.165) is 0 Å². The van der Waals surface area contributed by atoms with E-state index >= 15 is 0 Å². The van der Waals surface area contributed by atoms with E-state index in [0.29, 0.717) is 0 Å². The lowest BCUT2D eigenvalue weighted by Gasteiger charge is -2.38. The molecular weight excluding hydrogens is 320 g/mol. The Kier molecular flexibility index (Phi) is 5.60. The van der Waals surface area contributed by atoms with Crippen molar-refractivity contribution >= 4 is 0 Å². The summed E-state index contributed by atoms with van der Waals surface area (Å²) in [7, 11) is 1.25. The summed E-state index contributed by atoms with van der Waals surface area (Å²) in [5.74, 6) is -5.08. The molecule has 2 aliphatic heterocycles. The molecule has 2 rings (SSSR count). The van der Waals surface area contributed by atoms with E-state index in [1.165, 1.54) is 7.11 Å². The average molecular weight is 342 g/mol. The standard InChI is InChI=1S/C12H22O11/c1-20-7-6(15)5(14)2-21-10(7)22-4-12(19)9(17)8(16)11(18,3-13)23-12/h5-10,13-19H,2-4H2,1H3/t5-,6+,7-,8+,9+,10+,11-,12-/m1/s1. The average Bonchev–Trinajstić information content (AvgIpc) is 2.70. The molecule has 2 aliphatic rings. The van der Waals surface area contributed by atoms with Gasteiger partial charge in [-0.05, 0) is 0 Å². The third-order valence-electron chi connectivity index (χ3n) is 3.96. The Morgan fingerprint density at radius 2 is 1.70 bits per heavy atom. The fourth-order valence-electron chi connectivity index (χ4n) is 2.52. The molecule has 0 radical (unpaired) electrons. The van der Waals surface area contributed by atoms with Crippen molar-refractivity contribution in [3.8, 4) is 0 Å². The van der Waals surface area contributed by atoms with E-state index in [4.69, 9.17) is 24.1 Å². The SMILES string of the molecule is CO[C@H]1[C@H](OC[C@@]2(O)O[C@](O)(CO)[C@@H](O)[C@@H]2O)OC[C@@H](O)[C@@H]1O. The summed E-state index contributed by atoms with van der Waals surface area (Å²) in [6, 6.07) is 0. The van der Waals surface area contributed by atoms with Crippen LogP contribution in [0.2, 0.25) is 0 Å². The maximum Gasteiger partial charge on any atom is 0.222 e. The van der Waals surface area contributed by atoms with Gasteiger partial charge < -0.3 is 54.7 Å². The fourth-order valence-corrected chi connectivity index (χ4v) is 2.52. The molecule has 2 heterocycles. The Labute approximate surface area is 131 Å². The van der Waals surface area contributed by atoms with Crippen LogP contribution in [-0.2, 0) is 18.9 Å². The maximum atomic E-state index is 10.2. The smallest absolute Gasteiger partial charge is 0.222 e. The van der Waals surface area contributed by atoms with Gasteiger partial charge in [-0.2, -0.15) is 0 Å². The molecule has 0 aromatic rings. The van der Waals surface area contributed by atoms with Crippen LogP contribution in [0.25, 0.3) is 0 Å². The summed E-state index contributed by atoms with van der Waals surface area (Å²) in [6.45, 7) is -2.10. The van der Waals surface area contributed by atoms with Crippen molar-refractivity contribution in [1.29, 1.82) is 0 Å². The van der Waals surface area contributed by atoms with Crippen molar-refractivity contribution in [3.05, 3.63) is 0 Å². The second-order valence-electron chi connectivity index (χ2n) is 5.61. The quantitative estimate of drug-likeness (QED) is 0.255. The van der Waals surface area contributed by atoms with Crippen LogP contribution in [0.1, 0.15) is 0 Å². The van der Waals surface area contributed by atoms with Gasteiger partial charge in [0.05, 0.1) is 13.2 Å². The Morgan fingerprint density at radius 1 is 1.09 bits per heavy atom. The highest BCUT2D eigenvalue weighted by Gasteiger charge is 2.61. The third kappa shape index (κ3) is 3.36. The minimum atomic E-state index is -2.55. The van der Waals surface area contributed by atoms with E-state index in [-0.39, 0.29) is 6.61 Å². The highest BCUT2D eigenvalue weighted by atomic mass is 16.8. The van der Waals surface area contributed by atoms with Gasteiger partial charge in [-0.15, -0.1) is 0 Å². The van der Waals surface area contributed by atoms with Crippen molar-refractivity contribution in [2.24, 2.45) is 0 Å². The molecule has 8 atom stereocenters. The van der Waals surface area contributed by atoms with Crippen LogP contribution in [0.4, 0.5) is 0 Å². The first-order valence-corrected chi connectivity index (χ1v) is 6.92. The number of rotatable bonds is 5. The van der Waals surface area contributed by atoms with Crippen LogP contribution in [-0.4, -0.2) is 111 Å². The van der Waals surface area contributed by atoms with Crippen molar-refractivity contribution in [2.75, 3.05) is 26.9 Å². The van der Waals surface area contributed by atoms with Gasteiger partial charge >= 0.3 is 0 Å². The number of hydrogen-bond donors (Lipinski definition) is 7. The normalized spacial score (nSPS) is 51.1. The molecule has 0 saturated carbocycles. The summed E-state index contributed by atoms with van der Waals surface area (Å²) in [4.78, 5) is 0. The van der Waals surface area contributed by atoms with Gasteiger partial charge in [-0.1, -0.05) is 0 Å². The summed E-state index contributed by atoms with van der Waals surface area (Å²) < 4.78 is 20.0. The number of ether oxygens (including phenoxy) is 4. The molecule has 136 valence electrons. The topological polar surface area (TPSA) is 179 Å². The van der Waals surface area contributed by atoms with E-state index < -0.39 is 61.6 Å². The van der Waals surface area contributed by atoms with E-state index in [1.54, 1.807) is 0 Å². The second-order valence-corrected chi connectivity index (χ2v) is 5.61. The molecule has 0 aliphatic carbocycles. The predicted octanol–water partition coefficient (Wildman–Crippen LogP) is -4.78. The Bertz CT molecular complexity index is 408. The van der Waals surface area contributed by atoms with Gasteiger partial charge in [0.15, 0.2) is 6.29 Å². The molecule has 0 unspecified atom stereocenters. The van der Waals surface area contributed by atoms with Crippen LogP contribution in [0.3, 0.4) is 0 Å². The molecular formula is C12H22O11. The monoisotopic (exact) mass is 342 g/mol. The van der Waals surface area contributed by atoms with Gasteiger partial charge in [0, 0.05) is 7.11 Å². The van der Waals surface area contributed by atoms with Gasteiger partial charge in [0.2, 0.25) is 11.6 Å². The largest absolute Gasteiger partial charge is 0.391 e. The molecule has 11 nitrogen and oxygen atoms in total. The first-order chi connectivity index (χ1) is 10.7. The van der Waals surface area contributed by atoms with Crippen LogP contribution >= 0.6 is 0 Å². The number of hydrogen-bond acceptors (Lipinski definition) is 11. The van der Waals surface area contributed by atoms with Gasteiger partial charge in [0.1, 0.15) is 37.1 Å². The molecule has 7 N–H and O–H groups in total. The Morgan fingerprint density at radius 3 is 2.22 bits per heavy atom. The molecule has 0 bridgehead atoms. The lowest BCUT2D eigenvalue weighted by atomic mass is 10.0. The molecule has 2 saturated heterocycles. The number of aliphatic hydroxyl groups excluding tert-OH is 5. The Hall–Kier alpha value is -0.440. The first-order valence-electron chi connectivity index (χ1n) is 6.92. The van der Waals surface area contributed by atoms with Crippen LogP contribution in [0.5, 0.6) is 0 Å². The van der Waals surface area contributed by atoms with Crippen LogP contribution < -0.4 is 0 Å². The summed E-state index contributed by atoms with van der Waals surface area (Å²) >= 11 is 0. The zero-order valence-corrected chi connectivity index (χ0v) is 12.3. The lowest BCUT2D eigenvalue weighted by molar-refractivity contribution is -0.349. The zero-order chi connectivity index (χ0) is 17.4. The third-order valence-corrected chi connectivity index (χ3v) is 3.96.